The standard InChI is InChI=1S/C19H20N4S/c1-12-7-5-8-13(2)16(12)21-18-20-11-23(19(24)22-18)17-14(3)9-6-10-15(17)4/h5-11H,1-4H3,(H,21,22,24). The lowest BCUT2D eigenvalue weighted by Crippen LogP contribution is -2.08. The third-order valence-electron chi connectivity index (χ3n) is 4.10. The molecule has 0 fully saturated rings. The molecule has 0 radical (unpaired) electrons. The zero-order valence-corrected chi connectivity index (χ0v) is 15.1. The van der Waals surface area contributed by atoms with Gasteiger partial charge in [-0.3, -0.25) is 4.57 Å². The highest BCUT2D eigenvalue weighted by molar-refractivity contribution is 7.71. The molecule has 3 rings (SSSR count). The molecule has 0 bridgehead atoms. The highest BCUT2D eigenvalue weighted by Gasteiger charge is 2.09. The minimum atomic E-state index is 0.483. The lowest BCUT2D eigenvalue weighted by atomic mass is 10.1. The summed E-state index contributed by atoms with van der Waals surface area (Å²) in [5.74, 6) is 0.514. The maximum atomic E-state index is 5.49. The number of hydrogen-bond donors (Lipinski definition) is 1. The molecule has 0 spiro atoms. The van der Waals surface area contributed by atoms with Crippen LogP contribution in [0.25, 0.3) is 5.69 Å². The number of anilines is 2. The fourth-order valence-electron chi connectivity index (χ4n) is 2.86. The molecule has 1 aromatic heterocycles. The summed E-state index contributed by atoms with van der Waals surface area (Å²) in [6, 6.07) is 12.3. The summed E-state index contributed by atoms with van der Waals surface area (Å²) < 4.78 is 2.34. The Hall–Kier alpha value is -2.53. The summed E-state index contributed by atoms with van der Waals surface area (Å²) in [4.78, 5) is 8.91. The van der Waals surface area contributed by atoms with Gasteiger partial charge in [0.1, 0.15) is 6.33 Å². The number of para-hydroxylation sites is 2. The number of hydrogen-bond acceptors (Lipinski definition) is 4. The van der Waals surface area contributed by atoms with Crippen LogP contribution in [-0.4, -0.2) is 14.5 Å². The molecule has 0 aliphatic carbocycles. The van der Waals surface area contributed by atoms with Crippen molar-refractivity contribution >= 4 is 23.9 Å². The Morgan fingerprint density at radius 2 is 1.42 bits per heavy atom. The van der Waals surface area contributed by atoms with E-state index in [1.165, 1.54) is 0 Å². The molecule has 4 nitrogen and oxygen atoms in total. The van der Waals surface area contributed by atoms with Crippen LogP contribution in [-0.2, 0) is 0 Å². The summed E-state index contributed by atoms with van der Waals surface area (Å²) in [5.41, 5.74) is 6.65. The van der Waals surface area contributed by atoms with Crippen molar-refractivity contribution in [1.29, 1.82) is 0 Å². The Bertz CT molecular complexity index is 919. The van der Waals surface area contributed by atoms with Crippen LogP contribution in [0.1, 0.15) is 22.3 Å². The molecule has 3 aromatic rings. The summed E-state index contributed by atoms with van der Waals surface area (Å²) in [6.07, 6.45) is 1.74. The van der Waals surface area contributed by atoms with Crippen molar-refractivity contribution in [2.75, 3.05) is 5.32 Å². The van der Waals surface area contributed by atoms with E-state index in [1.807, 2.05) is 16.7 Å². The van der Waals surface area contributed by atoms with Gasteiger partial charge in [-0.25, -0.2) is 4.98 Å². The van der Waals surface area contributed by atoms with E-state index in [9.17, 15) is 0 Å². The van der Waals surface area contributed by atoms with Gasteiger partial charge in [-0.15, -0.1) is 0 Å². The van der Waals surface area contributed by atoms with Crippen LogP contribution >= 0.6 is 12.2 Å². The van der Waals surface area contributed by atoms with Crippen LogP contribution in [0.15, 0.2) is 42.7 Å². The normalized spacial score (nSPS) is 10.7. The second-order valence-corrected chi connectivity index (χ2v) is 6.33. The number of benzene rings is 2. The first kappa shape index (κ1) is 16.3. The van der Waals surface area contributed by atoms with Gasteiger partial charge in [-0.1, -0.05) is 36.4 Å². The Morgan fingerprint density at radius 3 is 1.96 bits per heavy atom. The van der Waals surface area contributed by atoms with Crippen molar-refractivity contribution < 1.29 is 0 Å². The molecule has 0 unspecified atom stereocenters. The molecular formula is C19H20N4S. The van der Waals surface area contributed by atoms with Crippen LogP contribution in [0.4, 0.5) is 11.6 Å². The van der Waals surface area contributed by atoms with E-state index in [0.29, 0.717) is 10.7 Å². The second kappa shape index (κ2) is 6.53. The molecule has 0 amide bonds. The Balaban J connectivity index is 2.01. The van der Waals surface area contributed by atoms with Gasteiger partial charge < -0.3 is 5.32 Å². The first-order valence-electron chi connectivity index (χ1n) is 7.83. The Kier molecular flexibility index (Phi) is 4.44. The van der Waals surface area contributed by atoms with Gasteiger partial charge >= 0.3 is 0 Å². The topological polar surface area (TPSA) is 42.7 Å². The third-order valence-corrected chi connectivity index (χ3v) is 4.39. The molecule has 2 aromatic carbocycles. The first-order chi connectivity index (χ1) is 11.5. The molecule has 1 N–H and O–H groups in total. The average Bonchev–Trinajstić information content (AvgIpc) is 2.53. The van der Waals surface area contributed by atoms with Crippen LogP contribution in [0.5, 0.6) is 0 Å². The maximum Gasteiger partial charge on any atom is 0.231 e. The SMILES string of the molecule is Cc1cccc(C)c1Nc1ncn(-c2c(C)cccc2C)c(=S)n1. The lowest BCUT2D eigenvalue weighted by molar-refractivity contribution is 0.885. The number of nitrogens with one attached hydrogen (secondary N) is 1. The molecule has 5 heteroatoms. The molecule has 0 aliphatic rings. The highest BCUT2D eigenvalue weighted by atomic mass is 32.1. The van der Waals surface area contributed by atoms with E-state index < -0.39 is 0 Å². The predicted octanol–water partition coefficient (Wildman–Crippen LogP) is 4.97. The van der Waals surface area contributed by atoms with E-state index in [2.05, 4.69) is 67.2 Å². The van der Waals surface area contributed by atoms with E-state index in [0.717, 1.165) is 33.6 Å². The van der Waals surface area contributed by atoms with Gasteiger partial charge in [0.15, 0.2) is 0 Å². The molecule has 0 saturated carbocycles. The van der Waals surface area contributed by atoms with E-state index in [-0.39, 0.29) is 0 Å². The van der Waals surface area contributed by atoms with Gasteiger partial charge in [0.25, 0.3) is 0 Å². The highest BCUT2D eigenvalue weighted by Crippen LogP contribution is 2.23. The van der Waals surface area contributed by atoms with Gasteiger partial charge in [-0.2, -0.15) is 4.98 Å². The van der Waals surface area contributed by atoms with Crippen molar-refractivity contribution in [2.24, 2.45) is 0 Å². The van der Waals surface area contributed by atoms with Gasteiger partial charge in [0.05, 0.1) is 5.69 Å². The van der Waals surface area contributed by atoms with Crippen molar-refractivity contribution in [2.45, 2.75) is 27.7 Å². The largest absolute Gasteiger partial charge is 0.324 e. The fourth-order valence-corrected chi connectivity index (χ4v) is 3.08. The number of rotatable bonds is 3. The summed E-state index contributed by atoms with van der Waals surface area (Å²) in [6.45, 7) is 8.24. The molecule has 0 aliphatic heterocycles. The molecule has 24 heavy (non-hydrogen) atoms. The minimum absolute atomic E-state index is 0.483. The van der Waals surface area contributed by atoms with Gasteiger partial charge in [0, 0.05) is 5.69 Å². The van der Waals surface area contributed by atoms with E-state index in [4.69, 9.17) is 12.2 Å². The average molecular weight is 336 g/mol. The smallest absolute Gasteiger partial charge is 0.231 e. The van der Waals surface area contributed by atoms with Crippen LogP contribution in [0.3, 0.4) is 0 Å². The van der Waals surface area contributed by atoms with Crippen molar-refractivity contribution in [1.82, 2.24) is 14.5 Å². The Labute approximate surface area is 147 Å². The minimum Gasteiger partial charge on any atom is -0.324 e. The predicted molar refractivity (Wildman–Crippen MR) is 101 cm³/mol. The maximum absolute atomic E-state index is 5.49. The van der Waals surface area contributed by atoms with Crippen molar-refractivity contribution in [3.05, 3.63) is 69.8 Å². The zero-order valence-electron chi connectivity index (χ0n) is 14.3. The molecule has 1 heterocycles. The summed E-state index contributed by atoms with van der Waals surface area (Å²) in [5, 5.41) is 3.29. The zero-order chi connectivity index (χ0) is 17.3. The lowest BCUT2D eigenvalue weighted by Gasteiger charge is -2.14. The number of nitrogens with zero attached hydrogens (tertiary/aromatic N) is 3. The first-order valence-corrected chi connectivity index (χ1v) is 8.23. The van der Waals surface area contributed by atoms with Crippen molar-refractivity contribution in [3.63, 3.8) is 0 Å². The van der Waals surface area contributed by atoms with Gasteiger partial charge in [-0.05, 0) is 62.2 Å². The van der Waals surface area contributed by atoms with E-state index >= 15 is 0 Å². The molecular weight excluding hydrogens is 316 g/mol. The second-order valence-electron chi connectivity index (χ2n) is 5.96. The van der Waals surface area contributed by atoms with Crippen LogP contribution in [0.2, 0.25) is 0 Å². The van der Waals surface area contributed by atoms with Crippen molar-refractivity contribution in [3.8, 4) is 5.69 Å². The Morgan fingerprint density at radius 1 is 0.875 bits per heavy atom. The fraction of sp³-hybridized carbons (Fsp3) is 0.211. The summed E-state index contributed by atoms with van der Waals surface area (Å²) in [7, 11) is 0. The van der Waals surface area contributed by atoms with E-state index in [1.54, 1.807) is 6.33 Å². The third kappa shape index (κ3) is 3.08. The molecule has 122 valence electrons. The van der Waals surface area contributed by atoms with Crippen LogP contribution in [0, 0.1) is 32.5 Å². The van der Waals surface area contributed by atoms with Crippen LogP contribution < -0.4 is 5.32 Å². The van der Waals surface area contributed by atoms with Gasteiger partial charge in [0.2, 0.25) is 10.7 Å². The quantitative estimate of drug-likeness (QED) is 0.685. The number of aromatic nitrogens is 3. The summed E-state index contributed by atoms with van der Waals surface area (Å²) >= 11 is 5.49. The molecule has 0 saturated heterocycles. The number of aryl methyl sites for hydroxylation is 4. The monoisotopic (exact) mass is 336 g/mol. The molecule has 0 atom stereocenters.